The monoisotopic (exact) mass is 321 g/mol. The molecule has 0 aromatic carbocycles. The molecule has 3 nitrogen and oxygen atoms in total. The minimum Gasteiger partial charge on any atom is -0.467 e. The van der Waals surface area contributed by atoms with Crippen molar-refractivity contribution in [3.05, 3.63) is 50.9 Å². The predicted molar refractivity (Wildman–Crippen MR) is 86.5 cm³/mol. The molecule has 2 aromatic rings. The normalized spacial score (nSPS) is 17.4. The van der Waals surface area contributed by atoms with Gasteiger partial charge in [-0.1, -0.05) is 24.0 Å². The summed E-state index contributed by atoms with van der Waals surface area (Å²) in [6, 6.07) is 5.68. The second-order valence-corrected chi connectivity index (χ2v) is 6.94. The molecule has 1 saturated heterocycles. The molecule has 0 bridgehead atoms. The van der Waals surface area contributed by atoms with Crippen molar-refractivity contribution in [2.24, 2.45) is 0 Å². The van der Waals surface area contributed by atoms with Gasteiger partial charge in [-0.15, -0.1) is 11.3 Å². The Morgan fingerprint density at radius 1 is 1.45 bits per heavy atom. The number of amides is 1. The van der Waals surface area contributed by atoms with Crippen LogP contribution in [0.2, 0.25) is 0 Å². The van der Waals surface area contributed by atoms with Gasteiger partial charge in [0.1, 0.15) is 10.1 Å². The Morgan fingerprint density at radius 3 is 2.95 bits per heavy atom. The van der Waals surface area contributed by atoms with E-state index in [0.29, 0.717) is 15.8 Å². The molecule has 2 aromatic heterocycles. The molecule has 3 rings (SSSR count). The van der Waals surface area contributed by atoms with Crippen LogP contribution in [0.25, 0.3) is 6.08 Å². The first-order valence-electron chi connectivity index (χ1n) is 5.97. The van der Waals surface area contributed by atoms with Crippen LogP contribution in [0.5, 0.6) is 0 Å². The zero-order valence-electron chi connectivity index (χ0n) is 10.7. The van der Waals surface area contributed by atoms with Crippen molar-refractivity contribution in [1.82, 2.24) is 4.90 Å². The average molecular weight is 321 g/mol. The molecular formula is C14H11NO2S3. The highest BCUT2D eigenvalue weighted by Gasteiger charge is 2.32. The molecule has 1 fully saturated rings. The zero-order chi connectivity index (χ0) is 14.1. The van der Waals surface area contributed by atoms with Gasteiger partial charge in [-0.05, 0) is 42.1 Å². The first kappa shape index (κ1) is 13.6. The first-order valence-corrected chi connectivity index (χ1v) is 8.07. The van der Waals surface area contributed by atoms with Crippen LogP contribution in [0.1, 0.15) is 16.2 Å². The fourth-order valence-electron chi connectivity index (χ4n) is 1.85. The number of furan rings is 1. The lowest BCUT2D eigenvalue weighted by Crippen LogP contribution is -2.27. The summed E-state index contributed by atoms with van der Waals surface area (Å²) in [6.07, 6.45) is 3.51. The Morgan fingerprint density at radius 2 is 2.30 bits per heavy atom. The van der Waals surface area contributed by atoms with E-state index >= 15 is 0 Å². The van der Waals surface area contributed by atoms with Gasteiger partial charge in [0, 0.05) is 4.88 Å². The van der Waals surface area contributed by atoms with E-state index in [0.717, 1.165) is 10.6 Å². The molecule has 0 atom stereocenters. The lowest BCUT2D eigenvalue weighted by Gasteiger charge is -2.11. The summed E-state index contributed by atoms with van der Waals surface area (Å²) in [6.45, 7) is 2.42. The number of nitrogens with zero attached hydrogens (tertiary/aromatic N) is 1. The topological polar surface area (TPSA) is 33.5 Å². The maximum Gasteiger partial charge on any atom is 0.266 e. The minimum absolute atomic E-state index is 0.0517. The predicted octanol–water partition coefficient (Wildman–Crippen LogP) is 4.05. The lowest BCUT2D eigenvalue weighted by molar-refractivity contribution is -0.122. The van der Waals surface area contributed by atoms with Crippen molar-refractivity contribution < 1.29 is 9.21 Å². The van der Waals surface area contributed by atoms with E-state index in [2.05, 4.69) is 0 Å². The summed E-state index contributed by atoms with van der Waals surface area (Å²) in [4.78, 5) is 15.7. The second kappa shape index (κ2) is 5.55. The van der Waals surface area contributed by atoms with Gasteiger partial charge < -0.3 is 4.42 Å². The molecule has 0 saturated carbocycles. The van der Waals surface area contributed by atoms with Gasteiger partial charge in [0.15, 0.2) is 0 Å². The molecule has 20 heavy (non-hydrogen) atoms. The van der Waals surface area contributed by atoms with E-state index in [-0.39, 0.29) is 5.91 Å². The average Bonchev–Trinajstić information content (AvgIpc) is 3.11. The van der Waals surface area contributed by atoms with Gasteiger partial charge in [0.05, 0.1) is 17.7 Å². The molecule has 0 N–H and O–H groups in total. The maximum atomic E-state index is 12.4. The summed E-state index contributed by atoms with van der Waals surface area (Å²) in [7, 11) is 0. The molecule has 1 aliphatic rings. The largest absolute Gasteiger partial charge is 0.467 e. The number of rotatable bonds is 3. The van der Waals surface area contributed by atoms with Crippen LogP contribution in [0.4, 0.5) is 0 Å². The van der Waals surface area contributed by atoms with E-state index in [1.165, 1.54) is 17.3 Å². The number of carbonyl (C=O) groups excluding carboxylic acids is 1. The third-order valence-electron chi connectivity index (χ3n) is 2.93. The highest BCUT2D eigenvalue weighted by Crippen LogP contribution is 2.34. The van der Waals surface area contributed by atoms with Crippen molar-refractivity contribution in [1.29, 1.82) is 0 Å². The Hall–Kier alpha value is -1.37. The Labute approximate surface area is 130 Å². The first-order chi connectivity index (χ1) is 9.65. The van der Waals surface area contributed by atoms with Crippen LogP contribution in [0, 0.1) is 6.92 Å². The smallest absolute Gasteiger partial charge is 0.266 e. The Bertz CT molecular complexity index is 685. The Kier molecular flexibility index (Phi) is 3.78. The second-order valence-electron chi connectivity index (χ2n) is 4.32. The van der Waals surface area contributed by atoms with Crippen molar-refractivity contribution >= 4 is 51.6 Å². The minimum atomic E-state index is -0.0517. The quantitative estimate of drug-likeness (QED) is 0.631. The number of thiocarbonyl (C=S) groups is 1. The molecule has 6 heteroatoms. The Balaban J connectivity index is 1.83. The van der Waals surface area contributed by atoms with Gasteiger partial charge in [-0.2, -0.15) is 0 Å². The van der Waals surface area contributed by atoms with Gasteiger partial charge in [0.2, 0.25) is 0 Å². The highest BCUT2D eigenvalue weighted by atomic mass is 32.2. The van der Waals surface area contributed by atoms with Crippen molar-refractivity contribution in [2.75, 3.05) is 0 Å². The lowest BCUT2D eigenvalue weighted by atomic mass is 10.2. The van der Waals surface area contributed by atoms with Crippen LogP contribution < -0.4 is 0 Å². The van der Waals surface area contributed by atoms with E-state index in [1.54, 1.807) is 28.6 Å². The number of hydrogen-bond donors (Lipinski definition) is 0. The molecule has 0 spiro atoms. The number of aryl methyl sites for hydroxylation is 1. The standard InChI is InChI=1S/C14H11NO2S3/c1-9-4-6-19-11(9)7-12-13(16)15(14(18)20-12)8-10-3-2-5-17-10/h2-7H,8H2,1H3/b12-7-. The fraction of sp³-hybridized carbons (Fsp3) is 0.143. The van der Waals surface area contributed by atoms with Gasteiger partial charge in [0.25, 0.3) is 5.91 Å². The number of thioether (sulfide) groups is 1. The summed E-state index contributed by atoms with van der Waals surface area (Å²) < 4.78 is 5.85. The third kappa shape index (κ3) is 2.59. The van der Waals surface area contributed by atoms with Gasteiger partial charge in [-0.25, -0.2) is 0 Å². The molecule has 0 aliphatic carbocycles. The summed E-state index contributed by atoms with van der Waals surface area (Å²) >= 11 is 8.25. The molecule has 0 radical (unpaired) electrons. The number of hydrogen-bond acceptors (Lipinski definition) is 5. The fourth-order valence-corrected chi connectivity index (χ4v) is 4.02. The third-order valence-corrected chi connectivity index (χ3v) is 5.28. The molecule has 1 aliphatic heterocycles. The summed E-state index contributed by atoms with van der Waals surface area (Å²) in [5.74, 6) is 0.680. The van der Waals surface area contributed by atoms with Crippen LogP contribution >= 0.6 is 35.3 Å². The molecule has 1 amide bonds. The van der Waals surface area contributed by atoms with Crippen LogP contribution in [-0.4, -0.2) is 15.1 Å². The summed E-state index contributed by atoms with van der Waals surface area (Å²) in [5.41, 5.74) is 1.17. The highest BCUT2D eigenvalue weighted by molar-refractivity contribution is 8.26. The maximum absolute atomic E-state index is 12.4. The molecule has 0 unspecified atom stereocenters. The van der Waals surface area contributed by atoms with Gasteiger partial charge >= 0.3 is 0 Å². The van der Waals surface area contributed by atoms with Crippen molar-refractivity contribution in [2.45, 2.75) is 13.5 Å². The molecule has 102 valence electrons. The van der Waals surface area contributed by atoms with Crippen LogP contribution in [0.15, 0.2) is 39.2 Å². The van der Waals surface area contributed by atoms with Crippen LogP contribution in [0.3, 0.4) is 0 Å². The number of carbonyl (C=O) groups is 1. The van der Waals surface area contributed by atoms with Crippen molar-refractivity contribution in [3.8, 4) is 0 Å². The van der Waals surface area contributed by atoms with Crippen molar-refractivity contribution in [3.63, 3.8) is 0 Å². The van der Waals surface area contributed by atoms with E-state index in [1.807, 2.05) is 30.5 Å². The summed E-state index contributed by atoms with van der Waals surface area (Å²) in [5, 5.41) is 2.02. The number of thiophene rings is 1. The molecule has 3 heterocycles. The van der Waals surface area contributed by atoms with E-state index in [9.17, 15) is 4.79 Å². The van der Waals surface area contributed by atoms with E-state index in [4.69, 9.17) is 16.6 Å². The SMILES string of the molecule is Cc1ccsc1/C=C1\SC(=S)N(Cc2ccco2)C1=O. The molecular weight excluding hydrogens is 310 g/mol. The zero-order valence-corrected chi connectivity index (χ0v) is 13.1. The van der Waals surface area contributed by atoms with E-state index < -0.39 is 0 Å². The van der Waals surface area contributed by atoms with Crippen LogP contribution in [-0.2, 0) is 11.3 Å². The van der Waals surface area contributed by atoms with Gasteiger partial charge in [-0.3, -0.25) is 9.69 Å².